The normalized spacial score (nSPS) is 11.4. The molecule has 23 heavy (non-hydrogen) atoms. The summed E-state index contributed by atoms with van der Waals surface area (Å²) >= 11 is 1.49. The van der Waals surface area contributed by atoms with Crippen molar-refractivity contribution in [2.75, 3.05) is 19.7 Å². The minimum atomic E-state index is -0.116. The first-order valence-electron chi connectivity index (χ1n) is 7.80. The maximum absolute atomic E-state index is 12.4. The van der Waals surface area contributed by atoms with E-state index in [4.69, 9.17) is 5.11 Å². The topological polar surface area (TPSA) is 71.2 Å². The van der Waals surface area contributed by atoms with Crippen LogP contribution in [0.25, 0.3) is 10.6 Å². The number of aryl methyl sites for hydroxylation is 2. The lowest BCUT2D eigenvalue weighted by molar-refractivity contribution is 0.189. The molecule has 0 radical (unpaired) electrons. The molecule has 126 valence electrons. The fraction of sp³-hybridized carbons (Fsp3) is 0.562. The molecular formula is C16H24N4O2S. The molecule has 2 heterocycles. The maximum Gasteiger partial charge on any atom is 0.277 e. The Morgan fingerprint density at radius 1 is 1.35 bits per heavy atom. The van der Waals surface area contributed by atoms with E-state index in [0.29, 0.717) is 18.7 Å². The third-order valence-electron chi connectivity index (χ3n) is 3.83. The van der Waals surface area contributed by atoms with Gasteiger partial charge in [-0.2, -0.15) is 5.10 Å². The zero-order valence-corrected chi connectivity index (χ0v) is 15.0. The van der Waals surface area contributed by atoms with Crippen molar-refractivity contribution in [1.29, 1.82) is 0 Å². The van der Waals surface area contributed by atoms with Gasteiger partial charge in [0, 0.05) is 25.5 Å². The van der Waals surface area contributed by atoms with E-state index in [0.717, 1.165) is 34.9 Å². The molecule has 0 atom stereocenters. The number of thiazole rings is 1. The Morgan fingerprint density at radius 2 is 2.09 bits per heavy atom. The third-order valence-corrected chi connectivity index (χ3v) is 4.74. The highest BCUT2D eigenvalue weighted by atomic mass is 32.1. The smallest absolute Gasteiger partial charge is 0.277 e. The first-order valence-corrected chi connectivity index (χ1v) is 8.68. The Balaban J connectivity index is 2.31. The highest BCUT2D eigenvalue weighted by molar-refractivity contribution is 7.13. The van der Waals surface area contributed by atoms with Gasteiger partial charge in [0.15, 0.2) is 0 Å². The van der Waals surface area contributed by atoms with Crippen LogP contribution in [0.2, 0.25) is 0 Å². The van der Waals surface area contributed by atoms with Crippen LogP contribution in [0.4, 0.5) is 0 Å². The summed E-state index contributed by atoms with van der Waals surface area (Å²) in [6.07, 6.45) is 1.03. The Morgan fingerprint density at radius 3 is 2.74 bits per heavy atom. The highest BCUT2D eigenvalue weighted by Gasteiger charge is 2.16. The van der Waals surface area contributed by atoms with Crippen molar-refractivity contribution in [1.82, 2.24) is 19.7 Å². The average molecular weight is 336 g/mol. The van der Waals surface area contributed by atoms with Gasteiger partial charge in [0.1, 0.15) is 5.01 Å². The number of hydrogen-bond donors (Lipinski definition) is 1. The second-order valence-electron chi connectivity index (χ2n) is 5.66. The van der Waals surface area contributed by atoms with Gasteiger partial charge >= 0.3 is 0 Å². The molecule has 2 rings (SSSR count). The van der Waals surface area contributed by atoms with Crippen LogP contribution in [-0.4, -0.2) is 44.5 Å². The maximum atomic E-state index is 12.4. The number of aliphatic hydroxyl groups excluding tert-OH is 1. The third kappa shape index (κ3) is 4.04. The van der Waals surface area contributed by atoms with E-state index in [1.54, 1.807) is 7.05 Å². The van der Waals surface area contributed by atoms with Gasteiger partial charge in [-0.1, -0.05) is 6.92 Å². The second-order valence-corrected chi connectivity index (χ2v) is 6.52. The standard InChI is InChI=1S/C16H24N4O2S/c1-5-6-20(7-8-21)9-13-10-23-15(17-13)14-11(2)12(3)18-19(4)16(14)22/h10,21H,5-9H2,1-4H3. The van der Waals surface area contributed by atoms with Gasteiger partial charge < -0.3 is 5.11 Å². The van der Waals surface area contributed by atoms with Crippen LogP contribution < -0.4 is 5.56 Å². The molecule has 2 aromatic rings. The fourth-order valence-corrected chi connectivity index (χ4v) is 3.45. The van der Waals surface area contributed by atoms with Gasteiger partial charge in [-0.15, -0.1) is 11.3 Å². The predicted octanol–water partition coefficient (Wildman–Crippen LogP) is 1.72. The highest BCUT2D eigenvalue weighted by Crippen LogP contribution is 2.25. The van der Waals surface area contributed by atoms with E-state index >= 15 is 0 Å². The summed E-state index contributed by atoms with van der Waals surface area (Å²) in [6, 6.07) is 0. The quantitative estimate of drug-likeness (QED) is 0.834. The first kappa shape index (κ1) is 17.8. The summed E-state index contributed by atoms with van der Waals surface area (Å²) in [6.45, 7) is 8.31. The van der Waals surface area contributed by atoms with E-state index in [-0.39, 0.29) is 12.2 Å². The number of aliphatic hydroxyl groups is 1. The van der Waals surface area contributed by atoms with Crippen molar-refractivity contribution in [3.8, 4) is 10.6 Å². The van der Waals surface area contributed by atoms with Gasteiger partial charge in [0.05, 0.1) is 23.6 Å². The fourth-order valence-electron chi connectivity index (χ4n) is 2.55. The molecule has 0 fully saturated rings. The second kappa shape index (κ2) is 7.81. The first-order chi connectivity index (χ1) is 11.0. The summed E-state index contributed by atoms with van der Waals surface area (Å²) in [5, 5.41) is 16.1. The zero-order chi connectivity index (χ0) is 17.0. The van der Waals surface area contributed by atoms with Crippen molar-refractivity contribution in [2.45, 2.75) is 33.7 Å². The summed E-state index contributed by atoms with van der Waals surface area (Å²) < 4.78 is 1.37. The number of aromatic nitrogens is 3. The van der Waals surface area contributed by atoms with Gasteiger partial charge in [-0.25, -0.2) is 9.67 Å². The molecule has 1 N–H and O–H groups in total. The molecule has 0 aliphatic heterocycles. The largest absolute Gasteiger partial charge is 0.395 e. The number of rotatable bonds is 7. The molecule has 0 amide bonds. The SMILES string of the molecule is CCCN(CCO)Cc1csc(-c2c(C)c(C)nn(C)c2=O)n1. The lowest BCUT2D eigenvalue weighted by Crippen LogP contribution is -2.27. The van der Waals surface area contributed by atoms with Crippen LogP contribution in [-0.2, 0) is 13.6 Å². The zero-order valence-electron chi connectivity index (χ0n) is 14.2. The summed E-state index contributed by atoms with van der Waals surface area (Å²) in [4.78, 5) is 19.2. The van der Waals surface area contributed by atoms with Gasteiger partial charge in [-0.3, -0.25) is 9.69 Å². The molecule has 7 heteroatoms. The van der Waals surface area contributed by atoms with Crippen LogP contribution in [0.1, 0.15) is 30.3 Å². The molecule has 0 unspecified atom stereocenters. The molecule has 0 aromatic carbocycles. The van der Waals surface area contributed by atoms with E-state index in [1.165, 1.54) is 16.0 Å². The average Bonchev–Trinajstić information content (AvgIpc) is 2.94. The van der Waals surface area contributed by atoms with Gasteiger partial charge in [-0.05, 0) is 32.4 Å². The Bertz CT molecular complexity index is 717. The molecule has 0 spiro atoms. The Labute approximate surface area is 140 Å². The van der Waals surface area contributed by atoms with Crippen molar-refractivity contribution >= 4 is 11.3 Å². The van der Waals surface area contributed by atoms with Crippen LogP contribution >= 0.6 is 11.3 Å². The molecule has 0 saturated carbocycles. The van der Waals surface area contributed by atoms with E-state index < -0.39 is 0 Å². The minimum Gasteiger partial charge on any atom is -0.395 e. The Kier molecular flexibility index (Phi) is 6.04. The molecular weight excluding hydrogens is 312 g/mol. The summed E-state index contributed by atoms with van der Waals surface area (Å²) in [5.41, 5.74) is 3.18. The Hall–Kier alpha value is -1.57. The molecule has 0 bridgehead atoms. The minimum absolute atomic E-state index is 0.116. The number of nitrogens with zero attached hydrogens (tertiary/aromatic N) is 4. The molecule has 2 aromatic heterocycles. The molecule has 6 nitrogen and oxygen atoms in total. The predicted molar refractivity (Wildman–Crippen MR) is 92.7 cm³/mol. The van der Waals surface area contributed by atoms with Crippen LogP contribution in [0.15, 0.2) is 10.2 Å². The molecule has 0 aliphatic rings. The lowest BCUT2D eigenvalue weighted by atomic mass is 10.1. The van der Waals surface area contributed by atoms with Gasteiger partial charge in [0.2, 0.25) is 0 Å². The number of hydrogen-bond acceptors (Lipinski definition) is 6. The summed E-state index contributed by atoms with van der Waals surface area (Å²) in [7, 11) is 1.66. The van der Waals surface area contributed by atoms with Crippen molar-refractivity contribution in [3.63, 3.8) is 0 Å². The monoisotopic (exact) mass is 336 g/mol. The molecule has 0 saturated heterocycles. The van der Waals surface area contributed by atoms with Crippen molar-refractivity contribution < 1.29 is 5.11 Å². The van der Waals surface area contributed by atoms with Crippen LogP contribution in [0.3, 0.4) is 0 Å². The van der Waals surface area contributed by atoms with E-state index in [2.05, 4.69) is 21.9 Å². The van der Waals surface area contributed by atoms with Crippen molar-refractivity contribution in [3.05, 3.63) is 32.7 Å². The molecule has 0 aliphatic carbocycles. The summed E-state index contributed by atoms with van der Waals surface area (Å²) in [5.74, 6) is 0. The van der Waals surface area contributed by atoms with E-state index in [9.17, 15) is 4.79 Å². The van der Waals surface area contributed by atoms with Crippen LogP contribution in [0.5, 0.6) is 0 Å². The van der Waals surface area contributed by atoms with E-state index in [1.807, 2.05) is 19.2 Å². The van der Waals surface area contributed by atoms with Gasteiger partial charge in [0.25, 0.3) is 5.56 Å². The lowest BCUT2D eigenvalue weighted by Gasteiger charge is -2.18. The van der Waals surface area contributed by atoms with Crippen LogP contribution in [0, 0.1) is 13.8 Å². The van der Waals surface area contributed by atoms with Crippen molar-refractivity contribution in [2.24, 2.45) is 7.05 Å².